The van der Waals surface area contributed by atoms with Crippen molar-refractivity contribution in [1.82, 2.24) is 14.8 Å². The molecule has 1 aliphatic rings. The fourth-order valence-corrected chi connectivity index (χ4v) is 2.85. The number of nitrogens with two attached hydrogens (primary N) is 1. The van der Waals surface area contributed by atoms with E-state index in [1.165, 1.54) is 6.20 Å². The topological polar surface area (TPSA) is 74.5 Å². The van der Waals surface area contributed by atoms with Gasteiger partial charge in [0.2, 0.25) is 0 Å². The van der Waals surface area contributed by atoms with Gasteiger partial charge < -0.3 is 15.2 Å². The zero-order chi connectivity index (χ0) is 14.9. The molecule has 0 bridgehead atoms. The molecule has 2 unspecified atom stereocenters. The molecule has 2 rings (SSSR count). The lowest BCUT2D eigenvalue weighted by Crippen LogP contribution is -2.35. The third-order valence-corrected chi connectivity index (χ3v) is 4.04. The minimum absolute atomic E-state index is 0.0424. The van der Waals surface area contributed by atoms with Crippen molar-refractivity contribution in [2.24, 2.45) is 11.8 Å². The first kappa shape index (κ1) is 15.0. The van der Waals surface area contributed by atoms with Crippen LogP contribution in [0.5, 0.6) is 0 Å². The number of likely N-dealkylation sites (tertiary alicyclic amines) is 1. The number of carbonyl (C=O) groups is 1. The molecule has 1 saturated heterocycles. The number of rotatable bonds is 3. The molecule has 0 spiro atoms. The fourth-order valence-electron chi connectivity index (χ4n) is 2.63. The van der Waals surface area contributed by atoms with E-state index < -0.39 is 0 Å². The molecule has 1 amide bonds. The highest BCUT2D eigenvalue weighted by Gasteiger charge is 2.34. The SMILES string of the molecule is CC1CN(C(=O)c2cnc(NN)c(Cl)c2)CC1N(C)C. The Labute approximate surface area is 123 Å². The van der Waals surface area contributed by atoms with E-state index in [2.05, 4.69) is 22.2 Å². The Morgan fingerprint density at radius 3 is 2.75 bits per heavy atom. The van der Waals surface area contributed by atoms with Crippen molar-refractivity contribution in [1.29, 1.82) is 0 Å². The molecule has 1 aliphatic heterocycles. The second kappa shape index (κ2) is 5.95. The van der Waals surface area contributed by atoms with Crippen LogP contribution in [0.1, 0.15) is 17.3 Å². The monoisotopic (exact) mass is 297 g/mol. The Morgan fingerprint density at radius 2 is 2.25 bits per heavy atom. The number of hydrogen-bond donors (Lipinski definition) is 2. The number of aromatic nitrogens is 1. The average Bonchev–Trinajstić information content (AvgIpc) is 2.80. The van der Waals surface area contributed by atoms with Crippen LogP contribution in [0.4, 0.5) is 5.82 Å². The highest BCUT2D eigenvalue weighted by molar-refractivity contribution is 6.33. The number of nitrogen functional groups attached to an aromatic ring is 1. The molecule has 3 N–H and O–H groups in total. The summed E-state index contributed by atoms with van der Waals surface area (Å²) in [4.78, 5) is 20.5. The molecule has 0 aliphatic carbocycles. The van der Waals surface area contributed by atoms with E-state index in [9.17, 15) is 4.79 Å². The van der Waals surface area contributed by atoms with Crippen molar-refractivity contribution < 1.29 is 4.79 Å². The summed E-state index contributed by atoms with van der Waals surface area (Å²) in [5.41, 5.74) is 2.87. The van der Waals surface area contributed by atoms with Crippen LogP contribution in [-0.4, -0.2) is 53.9 Å². The van der Waals surface area contributed by atoms with Gasteiger partial charge in [-0.1, -0.05) is 18.5 Å². The van der Waals surface area contributed by atoms with Gasteiger partial charge >= 0.3 is 0 Å². The maximum Gasteiger partial charge on any atom is 0.255 e. The third kappa shape index (κ3) is 2.87. The summed E-state index contributed by atoms with van der Waals surface area (Å²) in [6.45, 7) is 3.63. The smallest absolute Gasteiger partial charge is 0.255 e. The van der Waals surface area contributed by atoms with Crippen LogP contribution in [0.2, 0.25) is 5.02 Å². The number of nitrogens with one attached hydrogen (secondary N) is 1. The van der Waals surface area contributed by atoms with Crippen LogP contribution in [-0.2, 0) is 0 Å². The van der Waals surface area contributed by atoms with Gasteiger partial charge in [-0.15, -0.1) is 0 Å². The highest BCUT2D eigenvalue weighted by atomic mass is 35.5. The van der Waals surface area contributed by atoms with Crippen molar-refractivity contribution in [2.45, 2.75) is 13.0 Å². The highest BCUT2D eigenvalue weighted by Crippen LogP contribution is 2.24. The Balaban J connectivity index is 2.14. The fraction of sp³-hybridized carbons (Fsp3) is 0.538. The number of carbonyl (C=O) groups excluding carboxylic acids is 1. The number of amides is 1. The minimum atomic E-state index is -0.0424. The molecular weight excluding hydrogens is 278 g/mol. The van der Waals surface area contributed by atoms with Crippen LogP contribution in [0.15, 0.2) is 12.3 Å². The summed E-state index contributed by atoms with van der Waals surface area (Å²) < 4.78 is 0. The zero-order valence-electron chi connectivity index (χ0n) is 11.9. The first-order chi connectivity index (χ1) is 9.43. The lowest BCUT2D eigenvalue weighted by molar-refractivity contribution is 0.0781. The Hall–Kier alpha value is -1.37. The van der Waals surface area contributed by atoms with Gasteiger partial charge in [0.1, 0.15) is 0 Å². The number of hydrogen-bond acceptors (Lipinski definition) is 5. The van der Waals surface area contributed by atoms with E-state index in [-0.39, 0.29) is 5.91 Å². The minimum Gasteiger partial charge on any atom is -0.337 e. The lowest BCUT2D eigenvalue weighted by atomic mass is 10.1. The molecule has 6 nitrogen and oxygen atoms in total. The second-order valence-corrected chi connectivity index (χ2v) is 5.82. The number of nitrogens with zero attached hydrogens (tertiary/aromatic N) is 3. The normalized spacial score (nSPS) is 22.4. The number of pyridine rings is 1. The second-order valence-electron chi connectivity index (χ2n) is 5.42. The predicted molar refractivity (Wildman–Crippen MR) is 79.6 cm³/mol. The maximum atomic E-state index is 12.5. The maximum absolute atomic E-state index is 12.5. The summed E-state index contributed by atoms with van der Waals surface area (Å²) in [5.74, 6) is 6.04. The van der Waals surface area contributed by atoms with Crippen molar-refractivity contribution in [3.8, 4) is 0 Å². The van der Waals surface area contributed by atoms with Crippen molar-refractivity contribution >= 4 is 23.3 Å². The first-order valence-corrected chi connectivity index (χ1v) is 6.89. The molecule has 1 fully saturated rings. The van der Waals surface area contributed by atoms with Gasteiger partial charge in [0.15, 0.2) is 5.82 Å². The Bertz CT molecular complexity index is 508. The quantitative estimate of drug-likeness (QED) is 0.644. The average molecular weight is 298 g/mol. The van der Waals surface area contributed by atoms with Crippen molar-refractivity contribution in [3.05, 3.63) is 22.8 Å². The van der Waals surface area contributed by atoms with Gasteiger partial charge in [0, 0.05) is 25.3 Å². The van der Waals surface area contributed by atoms with E-state index >= 15 is 0 Å². The number of anilines is 1. The van der Waals surface area contributed by atoms with Gasteiger partial charge in [0.25, 0.3) is 5.91 Å². The van der Waals surface area contributed by atoms with Crippen LogP contribution in [0.3, 0.4) is 0 Å². The molecule has 2 atom stereocenters. The zero-order valence-corrected chi connectivity index (χ0v) is 12.7. The van der Waals surface area contributed by atoms with Gasteiger partial charge in [-0.05, 0) is 26.1 Å². The summed E-state index contributed by atoms with van der Waals surface area (Å²) in [7, 11) is 4.07. The van der Waals surface area contributed by atoms with Gasteiger partial charge in [-0.25, -0.2) is 10.8 Å². The van der Waals surface area contributed by atoms with Gasteiger partial charge in [0.05, 0.1) is 10.6 Å². The Morgan fingerprint density at radius 1 is 1.55 bits per heavy atom. The van der Waals surface area contributed by atoms with Crippen molar-refractivity contribution in [3.63, 3.8) is 0 Å². The molecule has 1 aromatic rings. The van der Waals surface area contributed by atoms with Gasteiger partial charge in [-0.2, -0.15) is 0 Å². The predicted octanol–water partition coefficient (Wildman–Crippen LogP) is 1.04. The lowest BCUT2D eigenvalue weighted by Gasteiger charge is -2.22. The summed E-state index contributed by atoms with van der Waals surface area (Å²) >= 11 is 6.00. The number of hydrazine groups is 1. The molecule has 1 aromatic heterocycles. The molecule has 110 valence electrons. The van der Waals surface area contributed by atoms with Crippen LogP contribution in [0, 0.1) is 5.92 Å². The molecule has 20 heavy (non-hydrogen) atoms. The molecule has 0 saturated carbocycles. The number of halogens is 1. The van der Waals surface area contributed by atoms with Crippen LogP contribution in [0.25, 0.3) is 0 Å². The van der Waals surface area contributed by atoms with Crippen molar-refractivity contribution in [2.75, 3.05) is 32.6 Å². The summed E-state index contributed by atoms with van der Waals surface area (Å²) in [6.07, 6.45) is 1.50. The molecule has 2 heterocycles. The molecule has 0 aromatic carbocycles. The van der Waals surface area contributed by atoms with E-state index in [1.54, 1.807) is 6.07 Å². The van der Waals surface area contributed by atoms with E-state index in [4.69, 9.17) is 17.4 Å². The molecular formula is C13H20ClN5O. The van der Waals surface area contributed by atoms with E-state index in [1.807, 2.05) is 19.0 Å². The summed E-state index contributed by atoms with van der Waals surface area (Å²) in [5, 5.41) is 0.342. The van der Waals surface area contributed by atoms with Crippen LogP contribution >= 0.6 is 11.6 Å². The van der Waals surface area contributed by atoms with E-state index in [0.717, 1.165) is 13.1 Å². The van der Waals surface area contributed by atoms with E-state index in [0.29, 0.717) is 28.4 Å². The largest absolute Gasteiger partial charge is 0.337 e. The standard InChI is InChI=1S/C13H20ClN5O/c1-8-6-19(7-11(8)18(2)3)13(20)9-4-10(14)12(17-15)16-5-9/h4-5,8,11H,6-7,15H2,1-3H3,(H,16,17). The number of likely N-dealkylation sites (N-methyl/N-ethyl adjacent to an activating group) is 1. The summed E-state index contributed by atoms with van der Waals surface area (Å²) in [6, 6.07) is 1.98. The first-order valence-electron chi connectivity index (χ1n) is 6.52. The molecule has 0 radical (unpaired) electrons. The van der Waals surface area contributed by atoms with Crippen LogP contribution < -0.4 is 11.3 Å². The third-order valence-electron chi connectivity index (χ3n) is 3.75. The molecule has 7 heteroatoms. The van der Waals surface area contributed by atoms with Gasteiger partial charge in [-0.3, -0.25) is 4.79 Å². The Kier molecular flexibility index (Phi) is 4.47.